The van der Waals surface area contributed by atoms with Crippen LogP contribution >= 0.6 is 0 Å². The highest BCUT2D eigenvalue weighted by molar-refractivity contribution is 5.98. The monoisotopic (exact) mass is 436 g/mol. The summed E-state index contributed by atoms with van der Waals surface area (Å²) in [6, 6.07) is 8.87. The molecule has 2 aliphatic rings. The van der Waals surface area contributed by atoms with Crippen molar-refractivity contribution in [2.45, 2.75) is 26.7 Å². The predicted molar refractivity (Wildman–Crippen MR) is 121 cm³/mol. The Morgan fingerprint density at radius 3 is 2.34 bits per heavy atom. The third-order valence-electron chi connectivity index (χ3n) is 5.82. The molecule has 0 atom stereocenters. The van der Waals surface area contributed by atoms with Crippen LogP contribution in [0.3, 0.4) is 0 Å². The second kappa shape index (κ2) is 9.33. The van der Waals surface area contributed by atoms with E-state index in [2.05, 4.69) is 20.2 Å². The van der Waals surface area contributed by atoms with Crippen molar-refractivity contribution in [3.05, 3.63) is 47.4 Å². The highest BCUT2D eigenvalue weighted by Crippen LogP contribution is 2.21. The van der Waals surface area contributed by atoms with E-state index in [9.17, 15) is 14.4 Å². The SMILES string of the molecule is Cc1cc(N2CCN(C(=O)CNC(=O)c3ccc(N4CCCC4=O)cc3)CC2)nc(C)n1. The van der Waals surface area contributed by atoms with Crippen LogP contribution in [0.4, 0.5) is 11.5 Å². The molecule has 2 aromatic rings. The van der Waals surface area contributed by atoms with Gasteiger partial charge in [0, 0.05) is 62.2 Å². The van der Waals surface area contributed by atoms with Crippen molar-refractivity contribution in [3.63, 3.8) is 0 Å². The number of carbonyl (C=O) groups excluding carboxylic acids is 3. The van der Waals surface area contributed by atoms with Crippen LogP contribution in [0.5, 0.6) is 0 Å². The van der Waals surface area contributed by atoms with Gasteiger partial charge in [0.15, 0.2) is 0 Å². The number of nitrogens with one attached hydrogen (secondary N) is 1. The Hall–Kier alpha value is -3.49. The zero-order valence-corrected chi connectivity index (χ0v) is 18.5. The van der Waals surface area contributed by atoms with Crippen LogP contribution in [-0.2, 0) is 9.59 Å². The van der Waals surface area contributed by atoms with E-state index >= 15 is 0 Å². The first-order valence-corrected chi connectivity index (χ1v) is 10.9. The maximum absolute atomic E-state index is 12.6. The Labute approximate surface area is 187 Å². The standard InChI is InChI=1S/C23H28N6O3/c1-16-14-20(26-17(2)25-16)27-10-12-28(13-11-27)22(31)15-24-23(32)18-5-7-19(8-6-18)29-9-3-4-21(29)30/h5-8,14H,3-4,9-13,15H2,1-2H3,(H,24,32). The van der Waals surface area contributed by atoms with Gasteiger partial charge in [-0.1, -0.05) is 0 Å². The lowest BCUT2D eigenvalue weighted by atomic mass is 10.2. The van der Waals surface area contributed by atoms with Crippen molar-refractivity contribution < 1.29 is 14.4 Å². The molecule has 1 aromatic carbocycles. The predicted octanol–water partition coefficient (Wildman–Crippen LogP) is 1.30. The largest absolute Gasteiger partial charge is 0.353 e. The van der Waals surface area contributed by atoms with Crippen LogP contribution in [0, 0.1) is 13.8 Å². The van der Waals surface area contributed by atoms with E-state index in [4.69, 9.17) is 0 Å². The highest BCUT2D eigenvalue weighted by Gasteiger charge is 2.24. The van der Waals surface area contributed by atoms with Crippen molar-refractivity contribution in [1.29, 1.82) is 0 Å². The third-order valence-corrected chi connectivity index (χ3v) is 5.82. The van der Waals surface area contributed by atoms with E-state index in [0.717, 1.165) is 29.4 Å². The number of aryl methyl sites for hydroxylation is 2. The van der Waals surface area contributed by atoms with Crippen LogP contribution in [0.25, 0.3) is 0 Å². The molecule has 9 heteroatoms. The van der Waals surface area contributed by atoms with Gasteiger partial charge < -0.3 is 20.0 Å². The summed E-state index contributed by atoms with van der Waals surface area (Å²) >= 11 is 0. The maximum Gasteiger partial charge on any atom is 0.251 e. The van der Waals surface area contributed by atoms with Crippen molar-refractivity contribution in [2.24, 2.45) is 0 Å². The van der Waals surface area contributed by atoms with Crippen molar-refractivity contribution >= 4 is 29.2 Å². The number of rotatable bonds is 5. The number of benzene rings is 1. The second-order valence-corrected chi connectivity index (χ2v) is 8.16. The summed E-state index contributed by atoms with van der Waals surface area (Å²) in [6.45, 7) is 7.02. The van der Waals surface area contributed by atoms with Crippen molar-refractivity contribution in [3.8, 4) is 0 Å². The summed E-state index contributed by atoms with van der Waals surface area (Å²) in [5.74, 6) is 1.32. The average Bonchev–Trinajstić information content (AvgIpc) is 3.22. The molecule has 168 valence electrons. The molecule has 0 spiro atoms. The molecule has 3 amide bonds. The Morgan fingerprint density at radius 2 is 1.72 bits per heavy atom. The van der Waals surface area contributed by atoms with Crippen LogP contribution < -0.4 is 15.1 Å². The molecule has 1 N–H and O–H groups in total. The molecule has 2 saturated heterocycles. The van der Waals surface area contributed by atoms with E-state index in [-0.39, 0.29) is 24.3 Å². The second-order valence-electron chi connectivity index (χ2n) is 8.16. The number of aromatic nitrogens is 2. The molecule has 0 radical (unpaired) electrons. The molecule has 0 bridgehead atoms. The van der Waals surface area contributed by atoms with Gasteiger partial charge in [0.1, 0.15) is 11.6 Å². The number of nitrogens with zero attached hydrogens (tertiary/aromatic N) is 5. The molecule has 1 aromatic heterocycles. The normalized spacial score (nSPS) is 16.4. The fraction of sp³-hybridized carbons (Fsp3) is 0.435. The minimum Gasteiger partial charge on any atom is -0.353 e. The lowest BCUT2D eigenvalue weighted by molar-refractivity contribution is -0.130. The van der Waals surface area contributed by atoms with Gasteiger partial charge in [-0.2, -0.15) is 0 Å². The minimum absolute atomic E-state index is 0.0447. The first kappa shape index (κ1) is 21.7. The highest BCUT2D eigenvalue weighted by atomic mass is 16.2. The number of piperazine rings is 1. The first-order valence-electron chi connectivity index (χ1n) is 10.9. The lowest BCUT2D eigenvalue weighted by Gasteiger charge is -2.35. The van der Waals surface area contributed by atoms with Gasteiger partial charge in [-0.25, -0.2) is 9.97 Å². The fourth-order valence-electron chi connectivity index (χ4n) is 4.13. The molecule has 4 rings (SSSR count). The topological polar surface area (TPSA) is 98.7 Å². The lowest BCUT2D eigenvalue weighted by Crippen LogP contribution is -2.51. The number of carbonyl (C=O) groups is 3. The summed E-state index contributed by atoms with van der Waals surface area (Å²) in [4.78, 5) is 51.3. The number of hydrogen-bond donors (Lipinski definition) is 1. The molecule has 2 aliphatic heterocycles. The van der Waals surface area contributed by atoms with E-state index < -0.39 is 0 Å². The smallest absolute Gasteiger partial charge is 0.251 e. The zero-order chi connectivity index (χ0) is 22.7. The molecule has 0 aliphatic carbocycles. The van der Waals surface area contributed by atoms with Gasteiger partial charge in [0.05, 0.1) is 6.54 Å². The van der Waals surface area contributed by atoms with E-state index in [0.29, 0.717) is 44.7 Å². The van der Waals surface area contributed by atoms with E-state index in [1.54, 1.807) is 34.1 Å². The summed E-state index contributed by atoms with van der Waals surface area (Å²) in [5, 5.41) is 2.71. The summed E-state index contributed by atoms with van der Waals surface area (Å²) in [7, 11) is 0. The fourth-order valence-corrected chi connectivity index (χ4v) is 4.13. The Morgan fingerprint density at radius 1 is 1.00 bits per heavy atom. The Kier molecular flexibility index (Phi) is 6.34. The number of hydrogen-bond acceptors (Lipinski definition) is 6. The number of anilines is 2. The molecule has 32 heavy (non-hydrogen) atoms. The average molecular weight is 437 g/mol. The van der Waals surface area contributed by atoms with E-state index in [1.807, 2.05) is 19.9 Å². The Balaban J connectivity index is 1.26. The van der Waals surface area contributed by atoms with Crippen LogP contribution in [-0.4, -0.2) is 71.9 Å². The van der Waals surface area contributed by atoms with Gasteiger partial charge >= 0.3 is 0 Å². The van der Waals surface area contributed by atoms with Crippen LogP contribution in [0.2, 0.25) is 0 Å². The summed E-state index contributed by atoms with van der Waals surface area (Å²) in [5.41, 5.74) is 2.19. The first-order chi connectivity index (χ1) is 15.4. The molecule has 2 fully saturated rings. The molecule has 3 heterocycles. The van der Waals surface area contributed by atoms with Gasteiger partial charge in [-0.15, -0.1) is 0 Å². The quantitative estimate of drug-likeness (QED) is 0.759. The molecule has 0 saturated carbocycles. The zero-order valence-electron chi connectivity index (χ0n) is 18.5. The molecular weight excluding hydrogens is 408 g/mol. The van der Waals surface area contributed by atoms with Crippen molar-refractivity contribution in [2.75, 3.05) is 49.1 Å². The van der Waals surface area contributed by atoms with Crippen LogP contribution in [0.1, 0.15) is 34.7 Å². The summed E-state index contributed by atoms with van der Waals surface area (Å²) in [6.07, 6.45) is 1.42. The van der Waals surface area contributed by atoms with Crippen molar-refractivity contribution in [1.82, 2.24) is 20.2 Å². The van der Waals surface area contributed by atoms with Crippen LogP contribution in [0.15, 0.2) is 30.3 Å². The Bertz CT molecular complexity index is 995. The summed E-state index contributed by atoms with van der Waals surface area (Å²) < 4.78 is 0. The molecule has 9 nitrogen and oxygen atoms in total. The van der Waals surface area contributed by atoms with Gasteiger partial charge in [0.25, 0.3) is 5.91 Å². The molecule has 0 unspecified atom stereocenters. The maximum atomic E-state index is 12.6. The number of amides is 3. The molecular formula is C23H28N6O3. The van der Waals surface area contributed by atoms with Gasteiger partial charge in [-0.3, -0.25) is 14.4 Å². The van der Waals surface area contributed by atoms with Gasteiger partial charge in [-0.05, 0) is 44.5 Å². The van der Waals surface area contributed by atoms with E-state index in [1.165, 1.54) is 0 Å². The minimum atomic E-state index is -0.303. The van der Waals surface area contributed by atoms with Gasteiger partial charge in [0.2, 0.25) is 11.8 Å². The third kappa shape index (κ3) is 4.87.